The number of nitrogens with one attached hydrogen (secondary N) is 2. The molecule has 1 unspecified atom stereocenters. The quantitative estimate of drug-likeness (QED) is 0.364. The monoisotopic (exact) mass is 500 g/mol. The van der Waals surface area contributed by atoms with Gasteiger partial charge in [-0.2, -0.15) is 5.10 Å². The van der Waals surface area contributed by atoms with Gasteiger partial charge in [0.05, 0.1) is 29.9 Å². The number of rotatable bonds is 6. The zero-order chi connectivity index (χ0) is 25.4. The minimum Gasteiger partial charge on any atom is -0.461 e. The molecule has 1 aromatic carbocycles. The number of amidine groups is 1. The molecule has 1 aliphatic heterocycles. The lowest BCUT2D eigenvalue weighted by Gasteiger charge is -2.26. The van der Waals surface area contributed by atoms with Crippen LogP contribution in [0.5, 0.6) is 11.5 Å². The standard InChI is InChI=1S/C24H23F3N6O3/c1-3-33-18(6-13(2)32-33)15-9-29-22-20(15)19(4-5-28-22)36-21-16(25)7-14(8-17(21)26)31-23-30-10-24(27,11-34)12-35-23/h4-9,34H,3,10-12H2,1-2H3,(H,28,29)(H,30,31). The molecule has 188 valence electrons. The number of anilines is 1. The van der Waals surface area contributed by atoms with Crippen LogP contribution in [0.2, 0.25) is 0 Å². The number of halogens is 3. The summed E-state index contributed by atoms with van der Waals surface area (Å²) in [6.07, 6.45) is 3.22. The van der Waals surface area contributed by atoms with Crippen LogP contribution in [0.15, 0.2) is 41.7 Å². The van der Waals surface area contributed by atoms with E-state index in [0.29, 0.717) is 17.6 Å². The van der Waals surface area contributed by atoms with Gasteiger partial charge >= 0.3 is 0 Å². The highest BCUT2D eigenvalue weighted by Gasteiger charge is 2.34. The van der Waals surface area contributed by atoms with Crippen LogP contribution in [0.3, 0.4) is 0 Å². The van der Waals surface area contributed by atoms with Crippen molar-refractivity contribution in [2.24, 2.45) is 4.99 Å². The number of aliphatic hydroxyl groups excluding tert-OH is 1. The second-order valence-electron chi connectivity index (χ2n) is 8.44. The summed E-state index contributed by atoms with van der Waals surface area (Å²) in [7, 11) is 0. The normalized spacial score (nSPS) is 17.7. The van der Waals surface area contributed by atoms with Gasteiger partial charge in [-0.05, 0) is 26.0 Å². The van der Waals surface area contributed by atoms with Crippen molar-refractivity contribution in [1.29, 1.82) is 0 Å². The first kappa shape index (κ1) is 23.7. The highest BCUT2D eigenvalue weighted by atomic mass is 19.1. The first-order valence-corrected chi connectivity index (χ1v) is 11.2. The molecular formula is C24H23F3N6O3. The molecule has 0 bridgehead atoms. The number of fused-ring (bicyclic) bond motifs is 1. The number of nitrogens with zero attached hydrogens (tertiary/aromatic N) is 4. The van der Waals surface area contributed by atoms with E-state index in [9.17, 15) is 13.2 Å². The summed E-state index contributed by atoms with van der Waals surface area (Å²) in [5, 5.41) is 16.7. The number of pyridine rings is 1. The number of alkyl halides is 1. The van der Waals surface area contributed by atoms with Gasteiger partial charge in [0.25, 0.3) is 6.02 Å². The Kier molecular flexibility index (Phi) is 6.04. The lowest BCUT2D eigenvalue weighted by atomic mass is 10.1. The summed E-state index contributed by atoms with van der Waals surface area (Å²) in [5.74, 6) is -2.34. The number of aliphatic imine (C=N–C) groups is 1. The molecule has 9 nitrogen and oxygen atoms in total. The van der Waals surface area contributed by atoms with Crippen molar-refractivity contribution >= 4 is 22.7 Å². The molecule has 0 spiro atoms. The third-order valence-electron chi connectivity index (χ3n) is 5.73. The SMILES string of the molecule is CCn1nc(C)cc1-c1c[nH]c2nccc(Oc3c(F)cc(NC4=NCC(F)(CO)CO4)cc3F)c12. The molecular weight excluding hydrogens is 477 g/mol. The molecule has 3 N–H and O–H groups in total. The van der Waals surface area contributed by atoms with Gasteiger partial charge in [0.2, 0.25) is 0 Å². The van der Waals surface area contributed by atoms with Crippen LogP contribution in [-0.2, 0) is 11.3 Å². The molecule has 3 aromatic heterocycles. The Morgan fingerprint density at radius 1 is 1.28 bits per heavy atom. The number of aromatic nitrogens is 4. The number of ether oxygens (including phenoxy) is 2. The van der Waals surface area contributed by atoms with Gasteiger partial charge in [0.1, 0.15) is 18.0 Å². The highest BCUT2D eigenvalue weighted by Crippen LogP contribution is 2.38. The third-order valence-corrected chi connectivity index (χ3v) is 5.73. The van der Waals surface area contributed by atoms with Crippen LogP contribution < -0.4 is 10.1 Å². The third kappa shape index (κ3) is 4.35. The molecule has 0 radical (unpaired) electrons. The summed E-state index contributed by atoms with van der Waals surface area (Å²) < 4.78 is 56.7. The van der Waals surface area contributed by atoms with Gasteiger partial charge in [0, 0.05) is 42.3 Å². The molecule has 1 aliphatic rings. The minimum atomic E-state index is -1.99. The van der Waals surface area contributed by atoms with Crippen molar-refractivity contribution in [2.75, 3.05) is 25.1 Å². The van der Waals surface area contributed by atoms with Crippen molar-refractivity contribution in [2.45, 2.75) is 26.1 Å². The smallest absolute Gasteiger partial charge is 0.289 e. The molecule has 0 saturated carbocycles. The molecule has 0 fully saturated rings. The average Bonchev–Trinajstić information content (AvgIpc) is 3.46. The number of benzene rings is 1. The van der Waals surface area contributed by atoms with Crippen molar-refractivity contribution in [3.05, 3.63) is 54.0 Å². The van der Waals surface area contributed by atoms with E-state index in [1.807, 2.05) is 24.6 Å². The maximum atomic E-state index is 15.0. The van der Waals surface area contributed by atoms with Crippen molar-refractivity contribution < 1.29 is 27.8 Å². The first-order valence-electron chi connectivity index (χ1n) is 11.2. The van der Waals surface area contributed by atoms with E-state index >= 15 is 0 Å². The fourth-order valence-corrected chi connectivity index (χ4v) is 3.95. The fraction of sp³-hybridized carbons (Fsp3) is 0.292. The Labute approximate surface area is 203 Å². The Morgan fingerprint density at radius 3 is 2.72 bits per heavy atom. The number of aromatic amines is 1. The Hall–Kier alpha value is -4.06. The lowest BCUT2D eigenvalue weighted by Crippen LogP contribution is -2.43. The second kappa shape index (κ2) is 9.19. The largest absolute Gasteiger partial charge is 0.461 e. The van der Waals surface area contributed by atoms with E-state index < -0.39 is 36.3 Å². The maximum Gasteiger partial charge on any atom is 0.289 e. The van der Waals surface area contributed by atoms with Gasteiger partial charge in [0.15, 0.2) is 23.1 Å². The molecule has 36 heavy (non-hydrogen) atoms. The van der Waals surface area contributed by atoms with E-state index in [1.54, 1.807) is 6.20 Å². The van der Waals surface area contributed by atoms with Crippen molar-refractivity contribution in [3.8, 4) is 22.8 Å². The summed E-state index contributed by atoms with van der Waals surface area (Å²) in [4.78, 5) is 11.2. The Morgan fingerprint density at radius 2 is 2.06 bits per heavy atom. The van der Waals surface area contributed by atoms with E-state index in [2.05, 4.69) is 25.4 Å². The van der Waals surface area contributed by atoms with Crippen LogP contribution in [0.25, 0.3) is 22.3 Å². The number of hydrogen-bond acceptors (Lipinski definition) is 7. The van der Waals surface area contributed by atoms with E-state index in [-0.39, 0.29) is 24.0 Å². The predicted octanol–water partition coefficient (Wildman–Crippen LogP) is 4.32. The summed E-state index contributed by atoms with van der Waals surface area (Å²) >= 11 is 0. The Balaban J connectivity index is 1.45. The predicted molar refractivity (Wildman–Crippen MR) is 127 cm³/mol. The minimum absolute atomic E-state index is 0.00371. The molecule has 5 rings (SSSR count). The lowest BCUT2D eigenvalue weighted by molar-refractivity contribution is 0.0181. The zero-order valence-corrected chi connectivity index (χ0v) is 19.5. The topological polar surface area (TPSA) is 110 Å². The number of aliphatic hydroxyl groups is 1. The average molecular weight is 500 g/mol. The maximum absolute atomic E-state index is 15.0. The van der Waals surface area contributed by atoms with Gasteiger partial charge < -0.3 is 24.9 Å². The van der Waals surface area contributed by atoms with Gasteiger partial charge in [-0.15, -0.1) is 0 Å². The van der Waals surface area contributed by atoms with Crippen LogP contribution in [-0.4, -0.2) is 56.3 Å². The van der Waals surface area contributed by atoms with E-state index in [1.165, 1.54) is 12.3 Å². The number of H-pyrrole nitrogens is 1. The summed E-state index contributed by atoms with van der Waals surface area (Å²) in [6, 6.07) is 5.35. The molecule has 1 atom stereocenters. The van der Waals surface area contributed by atoms with Crippen LogP contribution in [0, 0.1) is 18.6 Å². The fourth-order valence-electron chi connectivity index (χ4n) is 3.95. The van der Waals surface area contributed by atoms with E-state index in [0.717, 1.165) is 29.1 Å². The molecule has 12 heteroatoms. The summed E-state index contributed by atoms with van der Waals surface area (Å²) in [5.41, 5.74) is 0.867. The van der Waals surface area contributed by atoms with Crippen LogP contribution in [0.1, 0.15) is 12.6 Å². The molecule has 0 saturated heterocycles. The van der Waals surface area contributed by atoms with Crippen LogP contribution >= 0.6 is 0 Å². The number of aryl methyl sites for hydroxylation is 2. The first-order chi connectivity index (χ1) is 17.3. The highest BCUT2D eigenvalue weighted by molar-refractivity contribution is 5.97. The van der Waals surface area contributed by atoms with Crippen LogP contribution in [0.4, 0.5) is 18.9 Å². The molecule has 0 amide bonds. The Bertz CT molecular complexity index is 1440. The molecule has 4 aromatic rings. The zero-order valence-electron chi connectivity index (χ0n) is 19.5. The second-order valence-corrected chi connectivity index (χ2v) is 8.44. The van der Waals surface area contributed by atoms with Gasteiger partial charge in [-0.25, -0.2) is 23.1 Å². The van der Waals surface area contributed by atoms with Crippen molar-refractivity contribution in [3.63, 3.8) is 0 Å². The van der Waals surface area contributed by atoms with Gasteiger partial charge in [-0.1, -0.05) is 0 Å². The van der Waals surface area contributed by atoms with E-state index in [4.69, 9.17) is 14.6 Å². The van der Waals surface area contributed by atoms with Crippen molar-refractivity contribution in [1.82, 2.24) is 19.7 Å². The summed E-state index contributed by atoms with van der Waals surface area (Å²) in [6.45, 7) is 2.95. The molecule has 4 heterocycles. The number of hydrogen-bond donors (Lipinski definition) is 3. The van der Waals surface area contributed by atoms with Gasteiger partial charge in [-0.3, -0.25) is 4.68 Å². The molecule has 0 aliphatic carbocycles.